The van der Waals surface area contributed by atoms with Gasteiger partial charge in [-0.1, -0.05) is 37.1 Å². The van der Waals surface area contributed by atoms with Crippen molar-refractivity contribution in [1.29, 1.82) is 0 Å². The summed E-state index contributed by atoms with van der Waals surface area (Å²) in [5.74, 6) is 4.23. The minimum atomic E-state index is -0.175. The van der Waals surface area contributed by atoms with E-state index in [-0.39, 0.29) is 17.0 Å². The molecular weight excluding hydrogens is 600 g/mol. The molecule has 0 bridgehead atoms. The molecule has 2 saturated heterocycles. The van der Waals surface area contributed by atoms with E-state index in [1.807, 2.05) is 4.68 Å². The first-order chi connectivity index (χ1) is 23.2. The lowest BCUT2D eigenvalue weighted by molar-refractivity contribution is 0.0714. The average Bonchev–Trinajstić information content (AvgIpc) is 3.67. The fraction of sp³-hybridized carbons (Fsp3) is 0.579. The number of ether oxygens (including phenoxy) is 1. The topological polar surface area (TPSA) is 82.9 Å². The molecule has 0 radical (unpaired) electrons. The van der Waals surface area contributed by atoms with Gasteiger partial charge < -0.3 is 14.5 Å². The zero-order chi connectivity index (χ0) is 33.2. The fourth-order valence-corrected chi connectivity index (χ4v) is 9.64. The molecule has 5 aliphatic rings. The molecule has 1 aromatic carbocycles. The molecular formula is C38H48N8O2. The summed E-state index contributed by atoms with van der Waals surface area (Å²) in [6.07, 6.45) is 14.7. The Bertz CT molecular complexity index is 1790. The van der Waals surface area contributed by atoms with E-state index in [1.54, 1.807) is 14.1 Å². The highest BCUT2D eigenvalue weighted by Crippen LogP contribution is 2.47. The molecule has 48 heavy (non-hydrogen) atoms. The Balaban J connectivity index is 1.20. The van der Waals surface area contributed by atoms with E-state index in [0.29, 0.717) is 42.9 Å². The molecule has 0 unspecified atom stereocenters. The normalized spacial score (nSPS) is 26.7. The largest absolute Gasteiger partial charge is 0.461 e. The van der Waals surface area contributed by atoms with Gasteiger partial charge in [0.15, 0.2) is 5.69 Å². The molecule has 2 fully saturated rings. The van der Waals surface area contributed by atoms with Crippen LogP contribution in [0.1, 0.15) is 89.6 Å². The smallest absolute Gasteiger partial charge is 0.318 e. The molecule has 4 aliphatic heterocycles. The fourth-order valence-electron chi connectivity index (χ4n) is 9.64. The van der Waals surface area contributed by atoms with Crippen LogP contribution in [0, 0.1) is 18.3 Å². The monoisotopic (exact) mass is 648 g/mol. The zero-order valence-electron chi connectivity index (χ0n) is 29.0. The van der Waals surface area contributed by atoms with Gasteiger partial charge in [0.1, 0.15) is 12.4 Å². The van der Waals surface area contributed by atoms with E-state index >= 15 is 0 Å². The van der Waals surface area contributed by atoms with Crippen LogP contribution in [0.25, 0.3) is 0 Å². The molecule has 1 spiro atoms. The number of aryl methyl sites for hydroxylation is 2. The second-order valence-corrected chi connectivity index (χ2v) is 15.2. The number of anilines is 1. The lowest BCUT2D eigenvalue weighted by atomic mass is 9.71. The summed E-state index contributed by atoms with van der Waals surface area (Å²) in [5.41, 5.74) is 6.91. The van der Waals surface area contributed by atoms with Gasteiger partial charge in [-0.05, 0) is 75.6 Å². The third kappa shape index (κ3) is 5.00. The lowest BCUT2D eigenvalue weighted by Gasteiger charge is -2.49. The maximum absolute atomic E-state index is 13.1. The van der Waals surface area contributed by atoms with E-state index in [9.17, 15) is 4.79 Å². The number of nitrogens with zero attached hydrogens (tertiary/aromatic N) is 8. The van der Waals surface area contributed by atoms with Crippen molar-refractivity contribution in [3.8, 4) is 18.4 Å². The first-order valence-corrected chi connectivity index (χ1v) is 17.8. The maximum atomic E-state index is 13.1. The van der Waals surface area contributed by atoms with Crippen LogP contribution in [-0.4, -0.2) is 93.3 Å². The van der Waals surface area contributed by atoms with Crippen molar-refractivity contribution in [3.05, 3.63) is 63.6 Å². The third-order valence-electron chi connectivity index (χ3n) is 11.9. The second kappa shape index (κ2) is 11.9. The zero-order valence-corrected chi connectivity index (χ0v) is 29.0. The van der Waals surface area contributed by atoms with Gasteiger partial charge in [-0.15, -0.1) is 6.42 Å². The van der Waals surface area contributed by atoms with Gasteiger partial charge in [0.2, 0.25) is 0 Å². The van der Waals surface area contributed by atoms with Crippen molar-refractivity contribution in [2.24, 2.45) is 5.92 Å². The third-order valence-corrected chi connectivity index (χ3v) is 11.9. The van der Waals surface area contributed by atoms with Crippen molar-refractivity contribution in [3.63, 3.8) is 0 Å². The predicted octanol–water partition coefficient (Wildman–Crippen LogP) is 4.24. The number of carbonyl (C=O) groups is 1. The Morgan fingerprint density at radius 1 is 1.10 bits per heavy atom. The molecule has 1 amide bonds. The Morgan fingerprint density at radius 3 is 2.79 bits per heavy atom. The van der Waals surface area contributed by atoms with Crippen molar-refractivity contribution in [2.75, 3.05) is 52.3 Å². The van der Waals surface area contributed by atoms with Gasteiger partial charge in [-0.3, -0.25) is 19.3 Å². The number of carbonyl (C=O) groups excluding carboxylic acids is 1. The predicted molar refractivity (Wildman–Crippen MR) is 185 cm³/mol. The van der Waals surface area contributed by atoms with Crippen molar-refractivity contribution >= 4 is 11.7 Å². The summed E-state index contributed by atoms with van der Waals surface area (Å²) in [7, 11) is 5.74. The van der Waals surface area contributed by atoms with Gasteiger partial charge in [0, 0.05) is 52.3 Å². The molecule has 10 heteroatoms. The first-order valence-electron chi connectivity index (χ1n) is 17.8. The van der Waals surface area contributed by atoms with E-state index in [1.165, 1.54) is 28.9 Å². The van der Waals surface area contributed by atoms with E-state index in [0.717, 1.165) is 87.5 Å². The van der Waals surface area contributed by atoms with E-state index < -0.39 is 0 Å². The number of rotatable bonds is 5. The highest BCUT2D eigenvalue weighted by molar-refractivity contribution is 5.94. The van der Waals surface area contributed by atoms with Crippen LogP contribution < -0.4 is 9.64 Å². The van der Waals surface area contributed by atoms with Gasteiger partial charge in [0.25, 0.3) is 5.91 Å². The standard InChI is InChI=1S/C38H48N8O2/c1-6-28-32-24-44(17-11-19-46(32)41-33(28)35(47)42(3)4)34-29-23-43(5)38(16-9-13-27-12-7-8-14-30(27)38)21-31(29)39-36(40-34)48-25-37-15-10-18-45(37)22-26(2)20-37/h1,7-8,12,14,26H,9-11,13,15-25H2,2-5H3/t26-,37+,38+/m1/s1. The summed E-state index contributed by atoms with van der Waals surface area (Å²) in [4.78, 5) is 32.6. The van der Waals surface area contributed by atoms with Crippen LogP contribution in [0.5, 0.6) is 6.01 Å². The van der Waals surface area contributed by atoms with Crippen LogP contribution in [0.4, 0.5) is 5.82 Å². The summed E-state index contributed by atoms with van der Waals surface area (Å²) in [6, 6.07) is 9.46. The highest BCUT2D eigenvalue weighted by atomic mass is 16.5. The Labute approximate surface area is 284 Å². The van der Waals surface area contributed by atoms with Crippen molar-refractivity contribution < 1.29 is 9.53 Å². The molecule has 3 atom stereocenters. The molecule has 3 aromatic rings. The minimum absolute atomic E-state index is 0.0781. The average molecular weight is 649 g/mol. The van der Waals surface area contributed by atoms with Crippen LogP contribution in [0.3, 0.4) is 0 Å². The van der Waals surface area contributed by atoms with Crippen molar-refractivity contribution in [2.45, 2.75) is 89.0 Å². The summed E-state index contributed by atoms with van der Waals surface area (Å²) >= 11 is 0. The number of hydrogen-bond donors (Lipinski definition) is 0. The summed E-state index contributed by atoms with van der Waals surface area (Å²) < 4.78 is 8.65. The first kappa shape index (κ1) is 31.3. The van der Waals surface area contributed by atoms with E-state index in [4.69, 9.17) is 26.2 Å². The van der Waals surface area contributed by atoms with Crippen LogP contribution in [0.2, 0.25) is 0 Å². The number of benzene rings is 1. The van der Waals surface area contributed by atoms with Gasteiger partial charge in [-0.25, -0.2) is 0 Å². The molecule has 6 heterocycles. The number of aromatic nitrogens is 4. The molecule has 2 aromatic heterocycles. The highest BCUT2D eigenvalue weighted by Gasteiger charge is 2.48. The number of amides is 1. The van der Waals surface area contributed by atoms with Crippen LogP contribution in [-0.2, 0) is 38.0 Å². The van der Waals surface area contributed by atoms with Gasteiger partial charge >= 0.3 is 6.01 Å². The molecule has 0 N–H and O–H groups in total. The number of likely N-dealkylation sites (N-methyl/N-ethyl adjacent to an activating group) is 1. The Kier molecular flexibility index (Phi) is 7.76. The molecule has 252 valence electrons. The Morgan fingerprint density at radius 2 is 1.96 bits per heavy atom. The summed E-state index contributed by atoms with van der Waals surface area (Å²) in [5, 5.41) is 4.72. The number of fused-ring (bicyclic) bond motifs is 5. The van der Waals surface area contributed by atoms with Crippen LogP contribution >= 0.6 is 0 Å². The molecule has 1 aliphatic carbocycles. The lowest BCUT2D eigenvalue weighted by Crippen LogP contribution is -2.51. The van der Waals surface area contributed by atoms with Crippen LogP contribution in [0.15, 0.2) is 24.3 Å². The Hall–Kier alpha value is -3.94. The quantitative estimate of drug-likeness (QED) is 0.381. The van der Waals surface area contributed by atoms with E-state index in [2.05, 4.69) is 58.9 Å². The van der Waals surface area contributed by atoms with Crippen molar-refractivity contribution in [1.82, 2.24) is 34.4 Å². The van der Waals surface area contributed by atoms with Gasteiger partial charge in [-0.2, -0.15) is 15.1 Å². The minimum Gasteiger partial charge on any atom is -0.461 e. The maximum Gasteiger partial charge on any atom is 0.318 e. The second-order valence-electron chi connectivity index (χ2n) is 15.2. The van der Waals surface area contributed by atoms with Gasteiger partial charge in [0.05, 0.1) is 34.6 Å². The summed E-state index contributed by atoms with van der Waals surface area (Å²) in [6.45, 7) is 8.01. The molecule has 10 nitrogen and oxygen atoms in total. The molecule has 8 rings (SSSR count). The SMILES string of the molecule is C#Cc1c(C(=O)N(C)C)nn2c1CN(c1nc(OC[C@@]34CCCN3C[C@H](C)C4)nc3c1CN(C)[C@@]1(CCCc4ccccc41)C3)CCC2. The number of terminal acetylenes is 1. The number of hydrogen-bond acceptors (Lipinski definition) is 8. The molecule has 0 saturated carbocycles.